The van der Waals surface area contributed by atoms with Crippen molar-refractivity contribution in [1.29, 1.82) is 0 Å². The minimum absolute atomic E-state index is 0. The maximum atomic E-state index is 11.9. The van der Waals surface area contributed by atoms with E-state index in [2.05, 4.69) is 12.2 Å². The van der Waals surface area contributed by atoms with Gasteiger partial charge in [-0.3, -0.25) is 4.79 Å². The van der Waals surface area contributed by atoms with Crippen LogP contribution >= 0.6 is 12.4 Å². The van der Waals surface area contributed by atoms with Crippen molar-refractivity contribution < 1.29 is 4.79 Å². The predicted octanol–water partition coefficient (Wildman–Crippen LogP) is 2.28. The van der Waals surface area contributed by atoms with Crippen LogP contribution in [0.15, 0.2) is 30.3 Å². The van der Waals surface area contributed by atoms with E-state index in [1.54, 1.807) is 0 Å². The van der Waals surface area contributed by atoms with E-state index in [0.29, 0.717) is 6.42 Å². The maximum Gasteiger partial charge on any atom is 0.237 e. The van der Waals surface area contributed by atoms with Crippen molar-refractivity contribution in [3.8, 4) is 0 Å². The molecule has 0 radical (unpaired) electrons. The fraction of sp³-hybridized carbons (Fsp3) is 0.533. The molecule has 19 heavy (non-hydrogen) atoms. The van der Waals surface area contributed by atoms with E-state index in [0.717, 1.165) is 17.9 Å². The lowest BCUT2D eigenvalue weighted by Gasteiger charge is -2.17. The Morgan fingerprint density at radius 3 is 2.58 bits per heavy atom. The third-order valence-electron chi connectivity index (χ3n) is 3.41. The van der Waals surface area contributed by atoms with Crippen molar-refractivity contribution >= 4 is 18.3 Å². The highest BCUT2D eigenvalue weighted by molar-refractivity contribution is 5.85. The molecule has 3 N–H and O–H groups in total. The highest BCUT2D eigenvalue weighted by Crippen LogP contribution is 2.33. The summed E-state index contributed by atoms with van der Waals surface area (Å²) in [4.78, 5) is 11.9. The predicted molar refractivity (Wildman–Crippen MR) is 80.3 cm³/mol. The van der Waals surface area contributed by atoms with Gasteiger partial charge in [-0.2, -0.15) is 0 Å². The van der Waals surface area contributed by atoms with Crippen LogP contribution in [0, 0.1) is 5.92 Å². The first kappa shape index (κ1) is 16.0. The van der Waals surface area contributed by atoms with Crippen LogP contribution < -0.4 is 11.1 Å². The summed E-state index contributed by atoms with van der Waals surface area (Å²) in [6.45, 7) is 2.06. The molecular weight excluding hydrogens is 260 g/mol. The molecule has 0 spiro atoms. The lowest BCUT2D eigenvalue weighted by Crippen LogP contribution is -2.45. The van der Waals surface area contributed by atoms with Crippen molar-refractivity contribution in [3.05, 3.63) is 35.9 Å². The second-order valence-corrected chi connectivity index (χ2v) is 5.38. The third-order valence-corrected chi connectivity index (χ3v) is 3.41. The van der Waals surface area contributed by atoms with E-state index in [1.807, 2.05) is 30.3 Å². The molecule has 1 aliphatic carbocycles. The van der Waals surface area contributed by atoms with Crippen molar-refractivity contribution in [3.63, 3.8) is 0 Å². The van der Waals surface area contributed by atoms with Crippen molar-refractivity contribution in [1.82, 2.24) is 5.32 Å². The van der Waals surface area contributed by atoms with Crippen LogP contribution in [0.25, 0.3) is 0 Å². The van der Waals surface area contributed by atoms with Gasteiger partial charge in [0.25, 0.3) is 0 Å². The average molecular weight is 283 g/mol. The summed E-state index contributed by atoms with van der Waals surface area (Å²) in [5.41, 5.74) is 7.04. The number of carbonyl (C=O) groups excluding carboxylic acids is 1. The molecule has 1 amide bonds. The molecule has 2 unspecified atom stereocenters. The van der Waals surface area contributed by atoms with Crippen LogP contribution in [0.1, 0.15) is 31.7 Å². The molecule has 0 heterocycles. The van der Waals surface area contributed by atoms with Gasteiger partial charge in [-0.05, 0) is 31.2 Å². The number of amides is 1. The molecule has 106 valence electrons. The quantitative estimate of drug-likeness (QED) is 0.841. The standard InChI is InChI=1S/C15H22N2O.ClH/c1-11(9-13-7-8-13)17-15(18)14(16)10-12-5-3-2-4-6-12;/h2-6,11,13-14H,7-10,16H2,1H3,(H,17,18);1H. The molecule has 1 aromatic rings. The molecule has 4 heteroatoms. The number of nitrogens with two attached hydrogens (primary N) is 1. The fourth-order valence-electron chi connectivity index (χ4n) is 2.22. The number of hydrogen-bond donors (Lipinski definition) is 2. The molecule has 0 aliphatic heterocycles. The smallest absolute Gasteiger partial charge is 0.237 e. The van der Waals surface area contributed by atoms with E-state index in [9.17, 15) is 4.79 Å². The topological polar surface area (TPSA) is 55.1 Å². The molecule has 1 aromatic carbocycles. The van der Waals surface area contributed by atoms with Crippen LogP contribution in [0.5, 0.6) is 0 Å². The summed E-state index contributed by atoms with van der Waals surface area (Å²) in [5, 5.41) is 3.01. The van der Waals surface area contributed by atoms with Gasteiger partial charge < -0.3 is 11.1 Å². The zero-order valence-electron chi connectivity index (χ0n) is 11.3. The van der Waals surface area contributed by atoms with E-state index >= 15 is 0 Å². The lowest BCUT2D eigenvalue weighted by atomic mass is 10.1. The average Bonchev–Trinajstić information content (AvgIpc) is 3.14. The van der Waals surface area contributed by atoms with Gasteiger partial charge in [0.1, 0.15) is 0 Å². The molecule has 3 nitrogen and oxygen atoms in total. The molecular formula is C15H23ClN2O. The SMILES string of the molecule is CC(CC1CC1)NC(=O)C(N)Cc1ccccc1.Cl. The minimum atomic E-state index is -0.450. The monoisotopic (exact) mass is 282 g/mol. The Kier molecular flexibility index (Phi) is 6.32. The van der Waals surface area contributed by atoms with E-state index in [1.165, 1.54) is 12.8 Å². The Morgan fingerprint density at radius 2 is 2.00 bits per heavy atom. The highest BCUT2D eigenvalue weighted by Gasteiger charge is 2.25. The first-order valence-corrected chi connectivity index (χ1v) is 6.75. The first-order valence-electron chi connectivity index (χ1n) is 6.75. The maximum absolute atomic E-state index is 11.9. The molecule has 1 fully saturated rings. The van der Waals surface area contributed by atoms with Crippen molar-refractivity contribution in [2.45, 2.75) is 44.7 Å². The summed E-state index contributed by atoms with van der Waals surface area (Å²) in [7, 11) is 0. The van der Waals surface area contributed by atoms with Crippen LogP contribution in [-0.2, 0) is 11.2 Å². The van der Waals surface area contributed by atoms with Crippen LogP contribution in [0.3, 0.4) is 0 Å². The van der Waals surface area contributed by atoms with Crippen molar-refractivity contribution in [2.24, 2.45) is 11.7 Å². The zero-order chi connectivity index (χ0) is 13.0. The summed E-state index contributed by atoms with van der Waals surface area (Å²) in [5.74, 6) is 0.789. The van der Waals surface area contributed by atoms with Crippen LogP contribution in [0.4, 0.5) is 0 Å². The lowest BCUT2D eigenvalue weighted by molar-refractivity contribution is -0.123. The fourth-order valence-corrected chi connectivity index (χ4v) is 2.22. The number of benzene rings is 1. The minimum Gasteiger partial charge on any atom is -0.352 e. The zero-order valence-corrected chi connectivity index (χ0v) is 12.2. The van der Waals surface area contributed by atoms with Crippen LogP contribution in [0.2, 0.25) is 0 Å². The molecule has 2 rings (SSSR count). The molecule has 0 aromatic heterocycles. The Hall–Kier alpha value is -1.06. The number of carbonyl (C=O) groups is 1. The molecule has 0 bridgehead atoms. The molecule has 1 saturated carbocycles. The van der Waals surface area contributed by atoms with Gasteiger partial charge in [0.15, 0.2) is 0 Å². The Labute approximate surface area is 121 Å². The van der Waals surface area contributed by atoms with Crippen LogP contribution in [-0.4, -0.2) is 18.0 Å². The Bertz CT molecular complexity index is 392. The van der Waals surface area contributed by atoms with Gasteiger partial charge in [0.05, 0.1) is 6.04 Å². The van der Waals surface area contributed by atoms with E-state index < -0.39 is 6.04 Å². The number of hydrogen-bond acceptors (Lipinski definition) is 2. The largest absolute Gasteiger partial charge is 0.352 e. The normalized spacial score (nSPS) is 17.2. The Balaban J connectivity index is 0.00000180. The number of nitrogens with one attached hydrogen (secondary N) is 1. The van der Waals surface area contributed by atoms with Gasteiger partial charge in [0, 0.05) is 6.04 Å². The first-order chi connectivity index (χ1) is 8.65. The summed E-state index contributed by atoms with van der Waals surface area (Å²) in [6, 6.07) is 9.69. The summed E-state index contributed by atoms with van der Waals surface area (Å²) < 4.78 is 0. The van der Waals surface area contributed by atoms with Gasteiger partial charge in [-0.15, -0.1) is 12.4 Å². The van der Waals surface area contributed by atoms with E-state index in [4.69, 9.17) is 5.73 Å². The van der Waals surface area contributed by atoms with Crippen molar-refractivity contribution in [2.75, 3.05) is 0 Å². The number of rotatable bonds is 6. The highest BCUT2D eigenvalue weighted by atomic mass is 35.5. The van der Waals surface area contributed by atoms with Gasteiger partial charge in [0.2, 0.25) is 5.91 Å². The second-order valence-electron chi connectivity index (χ2n) is 5.38. The molecule has 0 saturated heterocycles. The third kappa shape index (κ3) is 5.62. The van der Waals surface area contributed by atoms with E-state index in [-0.39, 0.29) is 24.4 Å². The summed E-state index contributed by atoms with van der Waals surface area (Å²) >= 11 is 0. The summed E-state index contributed by atoms with van der Waals surface area (Å²) in [6.07, 6.45) is 4.32. The molecule has 2 atom stereocenters. The van der Waals surface area contributed by atoms with Gasteiger partial charge in [-0.1, -0.05) is 43.2 Å². The molecule has 1 aliphatic rings. The number of halogens is 1. The Morgan fingerprint density at radius 1 is 1.37 bits per heavy atom. The van der Waals surface area contributed by atoms with Gasteiger partial charge in [-0.25, -0.2) is 0 Å². The van der Waals surface area contributed by atoms with Gasteiger partial charge >= 0.3 is 0 Å². The second kappa shape index (κ2) is 7.51.